The number of rotatable bonds is 2. The Kier molecular flexibility index (Phi) is 1.79. The Morgan fingerprint density at radius 2 is 2.46 bits per heavy atom. The first-order valence-corrected chi connectivity index (χ1v) is 4.74. The Hall–Kier alpha value is -1.05. The van der Waals surface area contributed by atoms with Crippen LogP contribution in [0.2, 0.25) is 0 Å². The molecule has 0 saturated heterocycles. The summed E-state index contributed by atoms with van der Waals surface area (Å²) in [5, 5.41) is 8.57. The molecule has 3 unspecified atom stereocenters. The molecule has 0 heterocycles. The lowest BCUT2D eigenvalue weighted by molar-refractivity contribution is -0.131. The molecule has 0 aromatic heterocycles. The minimum absolute atomic E-state index is 0.0586. The highest BCUT2D eigenvalue weighted by atomic mass is 16.4. The first kappa shape index (κ1) is 8.54. The summed E-state index contributed by atoms with van der Waals surface area (Å²) in [6, 6.07) is 0. The second kappa shape index (κ2) is 2.72. The number of hydrogen-bond acceptors (Lipinski definition) is 1. The molecule has 2 rings (SSSR count). The number of carboxylic acids is 1. The van der Waals surface area contributed by atoms with Gasteiger partial charge in [-0.25, -0.2) is 4.79 Å². The summed E-state index contributed by atoms with van der Waals surface area (Å²) in [5.41, 5.74) is 0.0586. The summed E-state index contributed by atoms with van der Waals surface area (Å²) in [5.74, 6) is 0.442. The average molecular weight is 178 g/mol. The van der Waals surface area contributed by atoms with Gasteiger partial charge in [0.05, 0.1) is 0 Å². The topological polar surface area (TPSA) is 37.3 Å². The summed E-state index contributed by atoms with van der Waals surface area (Å²) in [4.78, 5) is 10.4. The molecule has 0 spiro atoms. The second-order valence-corrected chi connectivity index (χ2v) is 4.24. The Labute approximate surface area is 78.0 Å². The maximum absolute atomic E-state index is 10.4. The minimum Gasteiger partial charge on any atom is -0.478 e. The largest absolute Gasteiger partial charge is 0.478 e. The van der Waals surface area contributed by atoms with E-state index in [1.165, 1.54) is 12.5 Å². The summed E-state index contributed by atoms with van der Waals surface area (Å²) < 4.78 is 0. The van der Waals surface area contributed by atoms with Crippen molar-refractivity contribution >= 4 is 5.97 Å². The van der Waals surface area contributed by atoms with Crippen LogP contribution in [0.5, 0.6) is 0 Å². The van der Waals surface area contributed by atoms with Crippen molar-refractivity contribution in [2.75, 3.05) is 0 Å². The third-order valence-corrected chi connectivity index (χ3v) is 3.40. The van der Waals surface area contributed by atoms with Crippen molar-refractivity contribution in [1.29, 1.82) is 0 Å². The van der Waals surface area contributed by atoms with Crippen molar-refractivity contribution in [3.8, 4) is 0 Å². The molecular weight excluding hydrogens is 164 g/mol. The zero-order valence-corrected chi connectivity index (χ0v) is 7.73. The van der Waals surface area contributed by atoms with Crippen LogP contribution in [0.4, 0.5) is 0 Å². The molecule has 0 radical (unpaired) electrons. The Balaban J connectivity index is 2.21. The summed E-state index contributed by atoms with van der Waals surface area (Å²) in [6.07, 6.45) is 9.88. The fourth-order valence-electron chi connectivity index (χ4n) is 2.62. The van der Waals surface area contributed by atoms with Crippen LogP contribution in [0, 0.1) is 17.3 Å². The number of carboxylic acid groups (broad SMARTS) is 1. The molecule has 1 saturated carbocycles. The fourth-order valence-corrected chi connectivity index (χ4v) is 2.62. The summed E-state index contributed by atoms with van der Waals surface area (Å²) >= 11 is 0. The fraction of sp³-hybridized carbons (Fsp3) is 0.545. The Bertz CT molecular complexity index is 290. The van der Waals surface area contributed by atoms with Gasteiger partial charge in [0.25, 0.3) is 0 Å². The highest BCUT2D eigenvalue weighted by molar-refractivity contribution is 5.80. The highest BCUT2D eigenvalue weighted by Crippen LogP contribution is 2.53. The number of aliphatic carboxylic acids is 1. The molecule has 1 N–H and O–H groups in total. The lowest BCUT2D eigenvalue weighted by Crippen LogP contribution is -2.17. The molecule has 2 nitrogen and oxygen atoms in total. The number of hydrogen-bond donors (Lipinski definition) is 1. The normalized spacial score (nSPS) is 41.9. The monoisotopic (exact) mass is 178 g/mol. The quantitative estimate of drug-likeness (QED) is 0.520. The first-order valence-electron chi connectivity index (χ1n) is 4.74. The van der Waals surface area contributed by atoms with Gasteiger partial charge in [-0.2, -0.15) is 0 Å². The van der Waals surface area contributed by atoms with E-state index in [0.29, 0.717) is 11.8 Å². The predicted octanol–water partition coefficient (Wildman–Crippen LogP) is 2.23. The SMILES string of the molecule is CC1CC2C=CC1(C=CC(=O)O)C2. The van der Waals surface area contributed by atoms with E-state index in [-0.39, 0.29) is 5.41 Å². The summed E-state index contributed by atoms with van der Waals surface area (Å²) in [7, 11) is 0. The molecule has 0 aromatic rings. The third-order valence-electron chi connectivity index (χ3n) is 3.40. The minimum atomic E-state index is -0.842. The van der Waals surface area contributed by atoms with E-state index in [2.05, 4.69) is 19.1 Å². The highest BCUT2D eigenvalue weighted by Gasteiger charge is 2.44. The molecule has 2 heteroatoms. The van der Waals surface area contributed by atoms with Crippen LogP contribution in [-0.2, 0) is 4.79 Å². The molecule has 70 valence electrons. The van der Waals surface area contributed by atoms with Crippen LogP contribution in [0.25, 0.3) is 0 Å². The zero-order chi connectivity index (χ0) is 9.47. The van der Waals surface area contributed by atoms with Crippen LogP contribution >= 0.6 is 0 Å². The van der Waals surface area contributed by atoms with E-state index < -0.39 is 5.97 Å². The van der Waals surface area contributed by atoms with Crippen molar-refractivity contribution in [2.24, 2.45) is 17.3 Å². The van der Waals surface area contributed by atoms with Crippen LogP contribution in [-0.4, -0.2) is 11.1 Å². The Morgan fingerprint density at radius 1 is 1.69 bits per heavy atom. The van der Waals surface area contributed by atoms with Gasteiger partial charge in [0.1, 0.15) is 0 Å². The van der Waals surface area contributed by atoms with Crippen molar-refractivity contribution in [3.05, 3.63) is 24.3 Å². The van der Waals surface area contributed by atoms with Gasteiger partial charge in [-0.1, -0.05) is 25.2 Å². The lowest BCUT2D eigenvalue weighted by Gasteiger charge is -2.25. The van der Waals surface area contributed by atoms with Gasteiger partial charge in [0, 0.05) is 11.5 Å². The van der Waals surface area contributed by atoms with Crippen molar-refractivity contribution in [1.82, 2.24) is 0 Å². The summed E-state index contributed by atoms with van der Waals surface area (Å²) in [6.45, 7) is 2.20. The molecular formula is C11H14O2. The zero-order valence-electron chi connectivity index (χ0n) is 7.73. The number of fused-ring (bicyclic) bond motifs is 2. The van der Waals surface area contributed by atoms with Gasteiger partial charge in [-0.05, 0) is 24.7 Å². The van der Waals surface area contributed by atoms with Gasteiger partial charge in [0.15, 0.2) is 0 Å². The van der Waals surface area contributed by atoms with Crippen molar-refractivity contribution in [2.45, 2.75) is 19.8 Å². The predicted molar refractivity (Wildman–Crippen MR) is 50.2 cm³/mol. The lowest BCUT2D eigenvalue weighted by atomic mass is 9.79. The van der Waals surface area contributed by atoms with Crippen LogP contribution in [0.3, 0.4) is 0 Å². The third kappa shape index (κ3) is 1.30. The maximum atomic E-state index is 10.4. The van der Waals surface area contributed by atoms with Gasteiger partial charge < -0.3 is 5.11 Å². The van der Waals surface area contributed by atoms with Crippen molar-refractivity contribution < 1.29 is 9.90 Å². The van der Waals surface area contributed by atoms with E-state index >= 15 is 0 Å². The smallest absolute Gasteiger partial charge is 0.328 e. The second-order valence-electron chi connectivity index (χ2n) is 4.24. The standard InChI is InChI=1S/C11H14O2/c1-8-6-9-2-4-11(8,7-9)5-3-10(12)13/h2-5,8-9H,6-7H2,1H3,(H,12,13). The van der Waals surface area contributed by atoms with Gasteiger partial charge in [0.2, 0.25) is 0 Å². The van der Waals surface area contributed by atoms with Gasteiger partial charge >= 0.3 is 5.97 Å². The molecule has 13 heavy (non-hydrogen) atoms. The van der Waals surface area contributed by atoms with Crippen LogP contribution in [0.15, 0.2) is 24.3 Å². The van der Waals surface area contributed by atoms with Gasteiger partial charge in [-0.15, -0.1) is 0 Å². The molecule has 0 aliphatic heterocycles. The molecule has 2 aliphatic rings. The first-order chi connectivity index (χ1) is 6.12. The molecule has 0 amide bonds. The van der Waals surface area contributed by atoms with E-state index in [0.717, 1.165) is 6.42 Å². The number of carbonyl (C=O) groups is 1. The van der Waals surface area contributed by atoms with E-state index in [9.17, 15) is 4.79 Å². The molecule has 2 bridgehead atoms. The molecule has 2 aliphatic carbocycles. The molecule has 1 fully saturated rings. The van der Waals surface area contributed by atoms with E-state index in [1.54, 1.807) is 0 Å². The molecule has 0 aromatic carbocycles. The van der Waals surface area contributed by atoms with Crippen LogP contribution in [0.1, 0.15) is 19.8 Å². The number of allylic oxidation sites excluding steroid dienone is 3. The Morgan fingerprint density at radius 3 is 2.92 bits per heavy atom. The van der Waals surface area contributed by atoms with Crippen molar-refractivity contribution in [3.63, 3.8) is 0 Å². The van der Waals surface area contributed by atoms with Gasteiger partial charge in [-0.3, -0.25) is 0 Å². The van der Waals surface area contributed by atoms with E-state index in [1.807, 2.05) is 6.08 Å². The van der Waals surface area contributed by atoms with E-state index in [4.69, 9.17) is 5.11 Å². The maximum Gasteiger partial charge on any atom is 0.328 e. The molecule has 3 atom stereocenters. The van der Waals surface area contributed by atoms with Crippen LogP contribution < -0.4 is 0 Å². The average Bonchev–Trinajstić information content (AvgIpc) is 2.58.